The summed E-state index contributed by atoms with van der Waals surface area (Å²) in [7, 11) is 3.28. The van der Waals surface area contributed by atoms with Crippen molar-refractivity contribution in [1.82, 2.24) is 5.32 Å². The molecule has 0 radical (unpaired) electrons. The fraction of sp³-hybridized carbons (Fsp3) is 0.333. The topological polar surface area (TPSA) is 30.5 Å². The third-order valence-corrected chi connectivity index (χ3v) is 5.64. The highest BCUT2D eigenvalue weighted by Crippen LogP contribution is 2.39. The molecule has 2 rings (SSSR count). The zero-order valence-electron chi connectivity index (χ0n) is 12.1. The number of halogens is 2. The molecule has 0 aliphatic carbocycles. The zero-order chi connectivity index (χ0) is 15.4. The third kappa shape index (κ3) is 3.72. The van der Waals surface area contributed by atoms with Crippen LogP contribution >= 0.6 is 38.9 Å². The lowest BCUT2D eigenvalue weighted by molar-refractivity contribution is 0.354. The summed E-state index contributed by atoms with van der Waals surface area (Å²) in [5.41, 5.74) is 1.11. The van der Waals surface area contributed by atoms with Crippen molar-refractivity contribution in [2.75, 3.05) is 20.8 Å². The van der Waals surface area contributed by atoms with E-state index in [2.05, 4.69) is 28.2 Å². The largest absolute Gasteiger partial charge is 0.493 e. The van der Waals surface area contributed by atoms with E-state index in [1.165, 1.54) is 0 Å². The fourth-order valence-corrected chi connectivity index (χ4v) is 3.98. The van der Waals surface area contributed by atoms with Crippen molar-refractivity contribution in [3.8, 4) is 11.5 Å². The Bertz CT molecular complexity index is 598. The van der Waals surface area contributed by atoms with E-state index in [9.17, 15) is 0 Å². The number of methoxy groups -OCH3 is 2. The number of nitrogens with one attached hydrogen (secondary N) is 1. The Morgan fingerprint density at radius 1 is 1.24 bits per heavy atom. The second-order valence-corrected chi connectivity index (χ2v) is 7.18. The van der Waals surface area contributed by atoms with Crippen LogP contribution in [0.25, 0.3) is 0 Å². The van der Waals surface area contributed by atoms with E-state index >= 15 is 0 Å². The summed E-state index contributed by atoms with van der Waals surface area (Å²) in [4.78, 5) is 1.15. The highest BCUT2D eigenvalue weighted by atomic mass is 79.9. The van der Waals surface area contributed by atoms with E-state index in [0.29, 0.717) is 0 Å². The van der Waals surface area contributed by atoms with Crippen LogP contribution in [0.15, 0.2) is 28.1 Å². The summed E-state index contributed by atoms with van der Waals surface area (Å²) in [6, 6.07) is 8.01. The highest BCUT2D eigenvalue weighted by Gasteiger charge is 2.19. The first-order valence-corrected chi connectivity index (χ1v) is 8.49. The molecule has 1 heterocycles. The maximum atomic E-state index is 6.16. The first-order valence-electron chi connectivity index (χ1n) is 6.50. The Morgan fingerprint density at radius 3 is 2.48 bits per heavy atom. The molecule has 0 spiro atoms. The van der Waals surface area contributed by atoms with Crippen LogP contribution in [0.2, 0.25) is 5.02 Å². The molecule has 3 nitrogen and oxygen atoms in total. The maximum absolute atomic E-state index is 6.16. The SMILES string of the molecule is CCNC(c1ccc(OC)c(OC)c1)c1cc(Cl)c(Br)s1. The second kappa shape index (κ2) is 7.49. The van der Waals surface area contributed by atoms with Gasteiger partial charge in [-0.15, -0.1) is 11.3 Å². The molecule has 2 aromatic rings. The van der Waals surface area contributed by atoms with Gasteiger partial charge in [-0.1, -0.05) is 24.6 Å². The van der Waals surface area contributed by atoms with Gasteiger partial charge in [-0.25, -0.2) is 0 Å². The minimum absolute atomic E-state index is 0.0728. The molecule has 0 aliphatic heterocycles. The Balaban J connectivity index is 2.42. The van der Waals surface area contributed by atoms with Gasteiger partial charge in [0.2, 0.25) is 0 Å². The molecule has 1 N–H and O–H groups in total. The molecule has 0 bridgehead atoms. The van der Waals surface area contributed by atoms with Gasteiger partial charge in [-0.3, -0.25) is 0 Å². The van der Waals surface area contributed by atoms with Crippen LogP contribution in [0, 0.1) is 0 Å². The first kappa shape index (κ1) is 16.6. The normalized spacial score (nSPS) is 12.2. The molecular weight excluding hydrogens is 374 g/mol. The molecule has 21 heavy (non-hydrogen) atoms. The van der Waals surface area contributed by atoms with E-state index in [1.807, 2.05) is 24.3 Å². The molecular formula is C15H17BrClNO2S. The van der Waals surface area contributed by atoms with E-state index in [4.69, 9.17) is 21.1 Å². The molecule has 0 amide bonds. The summed E-state index contributed by atoms with van der Waals surface area (Å²) in [6.45, 7) is 2.93. The van der Waals surface area contributed by atoms with Crippen LogP contribution in [-0.2, 0) is 0 Å². The summed E-state index contributed by atoms with van der Waals surface area (Å²) >= 11 is 11.3. The Morgan fingerprint density at radius 2 is 1.95 bits per heavy atom. The number of benzene rings is 1. The van der Waals surface area contributed by atoms with Crippen molar-refractivity contribution >= 4 is 38.9 Å². The Kier molecular flexibility index (Phi) is 5.93. The average molecular weight is 391 g/mol. The van der Waals surface area contributed by atoms with Crippen molar-refractivity contribution in [3.63, 3.8) is 0 Å². The summed E-state index contributed by atoms with van der Waals surface area (Å²) < 4.78 is 11.6. The number of rotatable bonds is 6. The molecule has 1 atom stereocenters. The van der Waals surface area contributed by atoms with Crippen molar-refractivity contribution in [1.29, 1.82) is 0 Å². The average Bonchev–Trinajstić information content (AvgIpc) is 2.83. The van der Waals surface area contributed by atoms with Gasteiger partial charge in [0.15, 0.2) is 11.5 Å². The fourth-order valence-electron chi connectivity index (χ4n) is 2.12. The van der Waals surface area contributed by atoms with Gasteiger partial charge < -0.3 is 14.8 Å². The molecule has 114 valence electrons. The summed E-state index contributed by atoms with van der Waals surface area (Å²) in [5, 5.41) is 4.21. The number of hydrogen-bond acceptors (Lipinski definition) is 4. The van der Waals surface area contributed by atoms with Gasteiger partial charge in [0.1, 0.15) is 0 Å². The molecule has 6 heteroatoms. The van der Waals surface area contributed by atoms with Gasteiger partial charge in [-0.05, 0) is 46.2 Å². The van der Waals surface area contributed by atoms with Gasteiger partial charge in [0.05, 0.1) is 29.1 Å². The van der Waals surface area contributed by atoms with Crippen molar-refractivity contribution in [3.05, 3.63) is 43.5 Å². The molecule has 1 aromatic carbocycles. The molecule has 1 aromatic heterocycles. The van der Waals surface area contributed by atoms with Crippen LogP contribution in [0.4, 0.5) is 0 Å². The van der Waals surface area contributed by atoms with Crippen molar-refractivity contribution in [2.45, 2.75) is 13.0 Å². The molecule has 0 saturated carbocycles. The summed E-state index contributed by atoms with van der Waals surface area (Å²) in [6.07, 6.45) is 0. The number of ether oxygens (including phenoxy) is 2. The van der Waals surface area contributed by atoms with E-state index in [0.717, 1.165) is 37.3 Å². The number of thiophene rings is 1. The lowest BCUT2D eigenvalue weighted by atomic mass is 10.0. The smallest absolute Gasteiger partial charge is 0.161 e. The van der Waals surface area contributed by atoms with Crippen LogP contribution < -0.4 is 14.8 Å². The second-order valence-electron chi connectivity index (χ2n) is 4.38. The van der Waals surface area contributed by atoms with E-state index in [-0.39, 0.29) is 6.04 Å². The molecule has 0 aliphatic rings. The number of hydrogen-bond donors (Lipinski definition) is 1. The monoisotopic (exact) mass is 389 g/mol. The first-order chi connectivity index (χ1) is 10.1. The zero-order valence-corrected chi connectivity index (χ0v) is 15.2. The van der Waals surface area contributed by atoms with Crippen LogP contribution in [-0.4, -0.2) is 20.8 Å². The van der Waals surface area contributed by atoms with Gasteiger partial charge >= 0.3 is 0 Å². The van der Waals surface area contributed by atoms with E-state index in [1.54, 1.807) is 25.6 Å². The van der Waals surface area contributed by atoms with Crippen molar-refractivity contribution in [2.24, 2.45) is 0 Å². The highest BCUT2D eigenvalue weighted by molar-refractivity contribution is 9.11. The Labute approximate surface area is 142 Å². The minimum atomic E-state index is 0.0728. The van der Waals surface area contributed by atoms with Gasteiger partial charge in [0.25, 0.3) is 0 Å². The Hall–Kier alpha value is -0.750. The van der Waals surface area contributed by atoms with Crippen molar-refractivity contribution < 1.29 is 9.47 Å². The minimum Gasteiger partial charge on any atom is -0.493 e. The predicted molar refractivity (Wildman–Crippen MR) is 92.1 cm³/mol. The lowest BCUT2D eigenvalue weighted by Crippen LogP contribution is -2.21. The van der Waals surface area contributed by atoms with Crippen LogP contribution in [0.1, 0.15) is 23.4 Å². The van der Waals surface area contributed by atoms with Crippen LogP contribution in [0.5, 0.6) is 11.5 Å². The van der Waals surface area contributed by atoms with E-state index < -0.39 is 0 Å². The molecule has 1 unspecified atom stereocenters. The van der Waals surface area contributed by atoms with Gasteiger partial charge in [-0.2, -0.15) is 0 Å². The quantitative estimate of drug-likeness (QED) is 0.762. The standard InChI is InChI=1S/C15H17BrClNO2S/c1-4-18-14(13-8-10(17)15(16)21-13)9-5-6-11(19-2)12(7-9)20-3/h5-8,14,18H,4H2,1-3H3. The van der Waals surface area contributed by atoms with Gasteiger partial charge in [0, 0.05) is 4.88 Å². The lowest BCUT2D eigenvalue weighted by Gasteiger charge is -2.18. The third-order valence-electron chi connectivity index (χ3n) is 3.10. The van der Waals surface area contributed by atoms with Crippen LogP contribution in [0.3, 0.4) is 0 Å². The molecule has 0 fully saturated rings. The molecule has 0 saturated heterocycles. The predicted octanol–water partition coefficient (Wildman–Crippen LogP) is 4.88. The summed E-state index contributed by atoms with van der Waals surface area (Å²) in [5.74, 6) is 1.45. The maximum Gasteiger partial charge on any atom is 0.161 e.